The molecule has 0 fully saturated rings. The van der Waals surface area contributed by atoms with E-state index in [1.165, 1.54) is 36.4 Å². The fourth-order valence-electron chi connectivity index (χ4n) is 2.84. The van der Waals surface area contributed by atoms with Gasteiger partial charge in [0, 0.05) is 5.39 Å². The van der Waals surface area contributed by atoms with Gasteiger partial charge in [-0.3, -0.25) is 0 Å². The van der Waals surface area contributed by atoms with Gasteiger partial charge < -0.3 is 4.74 Å². The Bertz CT molecular complexity index is 991. The number of carbonyl (C=O) groups is 2. The molecule has 0 bridgehead atoms. The summed E-state index contributed by atoms with van der Waals surface area (Å²) in [6, 6.07) is 11.2. The predicted octanol–water partition coefficient (Wildman–Crippen LogP) is 4.10. The van der Waals surface area contributed by atoms with E-state index in [2.05, 4.69) is 4.74 Å². The second kappa shape index (κ2) is 4.71. The molecule has 1 heterocycles. The van der Waals surface area contributed by atoms with E-state index in [1.807, 2.05) is 0 Å². The quantitative estimate of drug-likeness (QED) is 0.502. The summed E-state index contributed by atoms with van der Waals surface area (Å²) in [6.45, 7) is 0. The fourth-order valence-corrected chi connectivity index (χ4v) is 2.84. The molecule has 3 aromatic carbocycles. The van der Waals surface area contributed by atoms with Gasteiger partial charge in [-0.15, -0.1) is 0 Å². The van der Waals surface area contributed by atoms with Crippen LogP contribution in [0.25, 0.3) is 21.9 Å². The third-order valence-electron chi connectivity index (χ3n) is 3.86. The number of cyclic esters (lactones) is 2. The number of rotatable bonds is 1. The number of halogens is 2. The first-order valence-corrected chi connectivity index (χ1v) is 6.83. The highest BCUT2D eigenvalue weighted by Gasteiger charge is 2.33. The number of benzene rings is 3. The maximum Gasteiger partial charge on any atom is 0.347 e. The minimum absolute atomic E-state index is 0.0651. The van der Waals surface area contributed by atoms with Gasteiger partial charge in [0.1, 0.15) is 11.6 Å². The molecule has 23 heavy (non-hydrogen) atoms. The third kappa shape index (κ3) is 2.01. The molecule has 3 aromatic rings. The lowest BCUT2D eigenvalue weighted by atomic mass is 9.92. The first-order valence-electron chi connectivity index (χ1n) is 6.83. The Balaban J connectivity index is 2.12. The number of hydrogen-bond donors (Lipinski definition) is 0. The molecule has 0 aliphatic carbocycles. The van der Waals surface area contributed by atoms with Crippen LogP contribution in [-0.2, 0) is 4.74 Å². The Hall–Kier alpha value is -3.08. The summed E-state index contributed by atoms with van der Waals surface area (Å²) in [6.07, 6.45) is 0. The van der Waals surface area contributed by atoms with Crippen LogP contribution in [0, 0.1) is 11.6 Å². The van der Waals surface area contributed by atoms with Crippen molar-refractivity contribution in [2.75, 3.05) is 0 Å². The average molecular weight is 310 g/mol. The molecule has 1 aliphatic heterocycles. The molecule has 0 saturated heterocycles. The highest BCUT2D eigenvalue weighted by Crippen LogP contribution is 2.36. The lowest BCUT2D eigenvalue weighted by Crippen LogP contribution is -1.97. The molecule has 0 radical (unpaired) electrons. The zero-order valence-corrected chi connectivity index (χ0v) is 11.6. The summed E-state index contributed by atoms with van der Waals surface area (Å²) in [4.78, 5) is 23.7. The number of hydrogen-bond acceptors (Lipinski definition) is 3. The van der Waals surface area contributed by atoms with Crippen LogP contribution in [0.15, 0.2) is 48.5 Å². The van der Waals surface area contributed by atoms with Crippen LogP contribution < -0.4 is 0 Å². The summed E-state index contributed by atoms with van der Waals surface area (Å²) in [7, 11) is 0. The van der Waals surface area contributed by atoms with Gasteiger partial charge in [0.25, 0.3) is 0 Å². The van der Waals surface area contributed by atoms with Crippen molar-refractivity contribution in [2.24, 2.45) is 0 Å². The standard InChI is InChI=1S/C18H8F2O3/c19-10-3-1-9(2-4-10)13-8-15-16(18(22)23-17(15)21)14-7-11(20)5-6-12(13)14/h1-8H. The molecular weight excluding hydrogens is 302 g/mol. The third-order valence-corrected chi connectivity index (χ3v) is 3.86. The van der Waals surface area contributed by atoms with Crippen LogP contribution in [-0.4, -0.2) is 11.9 Å². The van der Waals surface area contributed by atoms with Gasteiger partial charge in [0.2, 0.25) is 0 Å². The Morgan fingerprint density at radius 2 is 1.39 bits per heavy atom. The minimum Gasteiger partial charge on any atom is -0.386 e. The van der Waals surface area contributed by atoms with Crippen LogP contribution in [0.1, 0.15) is 20.7 Å². The molecule has 3 nitrogen and oxygen atoms in total. The molecule has 0 N–H and O–H groups in total. The van der Waals surface area contributed by atoms with E-state index in [9.17, 15) is 18.4 Å². The van der Waals surface area contributed by atoms with Crippen LogP contribution in [0.5, 0.6) is 0 Å². The molecule has 0 saturated carbocycles. The molecule has 1 aliphatic rings. The van der Waals surface area contributed by atoms with Crippen molar-refractivity contribution in [1.29, 1.82) is 0 Å². The predicted molar refractivity (Wildman–Crippen MR) is 79.0 cm³/mol. The topological polar surface area (TPSA) is 43.4 Å². The van der Waals surface area contributed by atoms with E-state index in [0.29, 0.717) is 21.9 Å². The summed E-state index contributed by atoms with van der Waals surface area (Å²) in [5, 5.41) is 0.890. The lowest BCUT2D eigenvalue weighted by Gasteiger charge is -2.10. The van der Waals surface area contributed by atoms with Crippen LogP contribution in [0.3, 0.4) is 0 Å². The largest absolute Gasteiger partial charge is 0.386 e. The van der Waals surface area contributed by atoms with E-state index >= 15 is 0 Å². The van der Waals surface area contributed by atoms with Crippen molar-refractivity contribution in [3.05, 3.63) is 71.3 Å². The number of carbonyl (C=O) groups excluding carboxylic acids is 2. The van der Waals surface area contributed by atoms with Crippen molar-refractivity contribution in [1.82, 2.24) is 0 Å². The molecule has 112 valence electrons. The SMILES string of the molecule is O=C1OC(=O)c2c1cc(-c1ccc(F)cc1)c1ccc(F)cc21. The minimum atomic E-state index is -0.786. The second-order valence-corrected chi connectivity index (χ2v) is 5.22. The Labute approximate surface area is 129 Å². The fraction of sp³-hybridized carbons (Fsp3) is 0. The van der Waals surface area contributed by atoms with Crippen molar-refractivity contribution in [3.8, 4) is 11.1 Å². The van der Waals surface area contributed by atoms with E-state index in [1.54, 1.807) is 12.1 Å². The maximum atomic E-state index is 13.6. The lowest BCUT2D eigenvalue weighted by molar-refractivity contribution is 0.0444. The molecule has 0 amide bonds. The number of fused-ring (bicyclic) bond motifs is 3. The molecule has 0 atom stereocenters. The van der Waals surface area contributed by atoms with Crippen molar-refractivity contribution >= 4 is 22.7 Å². The Morgan fingerprint density at radius 1 is 0.696 bits per heavy atom. The van der Waals surface area contributed by atoms with Crippen molar-refractivity contribution in [3.63, 3.8) is 0 Å². The first-order chi connectivity index (χ1) is 11.0. The zero-order valence-electron chi connectivity index (χ0n) is 11.6. The number of esters is 2. The molecule has 0 aromatic heterocycles. The van der Waals surface area contributed by atoms with Gasteiger partial charge in [0.05, 0.1) is 11.1 Å². The van der Waals surface area contributed by atoms with Crippen LogP contribution in [0.2, 0.25) is 0 Å². The summed E-state index contributed by atoms with van der Waals surface area (Å²) >= 11 is 0. The molecule has 5 heteroatoms. The van der Waals surface area contributed by atoms with E-state index in [-0.39, 0.29) is 16.9 Å². The first kappa shape index (κ1) is 13.6. The Kier molecular flexibility index (Phi) is 2.78. The van der Waals surface area contributed by atoms with Gasteiger partial charge in [0.15, 0.2) is 0 Å². The van der Waals surface area contributed by atoms with Gasteiger partial charge in [-0.05, 0) is 46.8 Å². The molecule has 0 spiro atoms. The molecule has 4 rings (SSSR count). The second-order valence-electron chi connectivity index (χ2n) is 5.22. The summed E-state index contributed by atoms with van der Waals surface area (Å²) < 4.78 is 31.4. The summed E-state index contributed by atoms with van der Waals surface area (Å²) in [5.74, 6) is -2.46. The smallest absolute Gasteiger partial charge is 0.347 e. The highest BCUT2D eigenvalue weighted by atomic mass is 19.1. The molecule has 0 unspecified atom stereocenters. The maximum absolute atomic E-state index is 13.6. The van der Waals surface area contributed by atoms with Gasteiger partial charge in [-0.25, -0.2) is 18.4 Å². The normalized spacial score (nSPS) is 13.3. The van der Waals surface area contributed by atoms with E-state index in [0.717, 1.165) is 0 Å². The molecular formula is C18H8F2O3. The van der Waals surface area contributed by atoms with Crippen molar-refractivity contribution in [2.45, 2.75) is 0 Å². The van der Waals surface area contributed by atoms with Crippen molar-refractivity contribution < 1.29 is 23.1 Å². The highest BCUT2D eigenvalue weighted by molar-refractivity contribution is 6.23. The van der Waals surface area contributed by atoms with Crippen LogP contribution >= 0.6 is 0 Å². The van der Waals surface area contributed by atoms with E-state index in [4.69, 9.17) is 0 Å². The Morgan fingerprint density at radius 3 is 2.13 bits per heavy atom. The van der Waals surface area contributed by atoms with Gasteiger partial charge in [-0.2, -0.15) is 0 Å². The monoisotopic (exact) mass is 310 g/mol. The summed E-state index contributed by atoms with van der Waals surface area (Å²) in [5.41, 5.74) is 1.41. The van der Waals surface area contributed by atoms with Gasteiger partial charge in [-0.1, -0.05) is 18.2 Å². The van der Waals surface area contributed by atoms with Crippen LogP contribution in [0.4, 0.5) is 8.78 Å². The van der Waals surface area contributed by atoms with Gasteiger partial charge >= 0.3 is 11.9 Å². The number of ether oxygens (including phenoxy) is 1. The van der Waals surface area contributed by atoms with E-state index < -0.39 is 17.8 Å². The average Bonchev–Trinajstić information content (AvgIpc) is 2.82. The zero-order chi connectivity index (χ0) is 16.1.